The summed E-state index contributed by atoms with van der Waals surface area (Å²) in [7, 11) is -3.55. The summed E-state index contributed by atoms with van der Waals surface area (Å²) in [5.74, 6) is -1.05. The largest absolute Gasteiger partial charge is 0.303 e. The highest BCUT2D eigenvalue weighted by Gasteiger charge is 2.48. The number of fused-ring (bicyclic) bond motifs is 1. The van der Waals surface area contributed by atoms with Crippen LogP contribution in [0.2, 0.25) is 0 Å². The Balaban J connectivity index is 1.61. The number of benzene rings is 3. The number of halogens is 1. The zero-order valence-corrected chi connectivity index (χ0v) is 20.3. The molecule has 0 radical (unpaired) electrons. The summed E-state index contributed by atoms with van der Waals surface area (Å²) in [5.41, 5.74) is 4.04. The molecule has 1 aliphatic heterocycles. The smallest absolute Gasteiger partial charge is 0.232 e. The molecule has 3 unspecified atom stereocenters. The first kappa shape index (κ1) is 23.2. The van der Waals surface area contributed by atoms with Gasteiger partial charge in [-0.1, -0.05) is 36.8 Å². The van der Waals surface area contributed by atoms with Crippen molar-refractivity contribution in [3.05, 3.63) is 89.9 Å². The molecule has 2 heterocycles. The van der Waals surface area contributed by atoms with Gasteiger partial charge in [0.05, 0.1) is 41.7 Å². The SMILES string of the molecule is Cc1cccc(C2C(NS(C)(=O)=O)C(C)C(=O)N2c2ccc3c(cnn3-c3ccc(F)cc3)c2)c1. The van der Waals surface area contributed by atoms with Gasteiger partial charge >= 0.3 is 0 Å². The van der Waals surface area contributed by atoms with Crippen molar-refractivity contribution >= 4 is 32.5 Å². The van der Waals surface area contributed by atoms with Gasteiger partial charge in [-0.25, -0.2) is 22.2 Å². The van der Waals surface area contributed by atoms with Gasteiger partial charge in [-0.15, -0.1) is 0 Å². The average molecular weight is 493 g/mol. The van der Waals surface area contributed by atoms with Gasteiger partial charge in [0.1, 0.15) is 5.82 Å². The van der Waals surface area contributed by atoms with E-state index in [9.17, 15) is 17.6 Å². The number of nitrogens with one attached hydrogen (secondary N) is 1. The summed E-state index contributed by atoms with van der Waals surface area (Å²) in [5, 5.41) is 5.25. The van der Waals surface area contributed by atoms with E-state index in [1.165, 1.54) is 12.1 Å². The molecule has 4 aromatic rings. The van der Waals surface area contributed by atoms with Crippen molar-refractivity contribution < 1.29 is 17.6 Å². The van der Waals surface area contributed by atoms with Crippen molar-refractivity contribution in [3.8, 4) is 5.69 Å². The number of sulfonamides is 1. The second-order valence-corrected chi connectivity index (χ2v) is 10.8. The minimum atomic E-state index is -3.55. The molecular weight excluding hydrogens is 467 g/mol. The average Bonchev–Trinajstić information content (AvgIpc) is 3.33. The van der Waals surface area contributed by atoms with Crippen molar-refractivity contribution in [1.29, 1.82) is 0 Å². The standard InChI is InChI=1S/C26H25FN4O3S/c1-16-5-4-6-18(13-16)25-24(29-35(3,33)34)17(2)26(32)30(25)22-11-12-23-19(14-22)15-28-31(23)21-9-7-20(27)8-10-21/h4-15,17,24-25,29H,1-3H3. The summed E-state index contributed by atoms with van der Waals surface area (Å²) in [6, 6.07) is 18.2. The first-order valence-electron chi connectivity index (χ1n) is 11.2. The van der Waals surface area contributed by atoms with Crippen LogP contribution in [0, 0.1) is 18.7 Å². The molecule has 1 saturated heterocycles. The topological polar surface area (TPSA) is 84.3 Å². The Hall–Kier alpha value is -3.56. The molecule has 0 aliphatic carbocycles. The summed E-state index contributed by atoms with van der Waals surface area (Å²) in [6.07, 6.45) is 2.80. The third-order valence-electron chi connectivity index (χ3n) is 6.42. The Kier molecular flexibility index (Phi) is 5.69. The van der Waals surface area contributed by atoms with E-state index in [0.29, 0.717) is 5.69 Å². The van der Waals surface area contributed by atoms with Crippen LogP contribution in [0.1, 0.15) is 24.1 Å². The second kappa shape index (κ2) is 8.58. The van der Waals surface area contributed by atoms with Crippen LogP contribution in [-0.4, -0.2) is 36.4 Å². The lowest BCUT2D eigenvalue weighted by molar-refractivity contribution is -0.120. The van der Waals surface area contributed by atoms with E-state index in [2.05, 4.69) is 9.82 Å². The van der Waals surface area contributed by atoms with E-state index in [1.807, 2.05) is 49.4 Å². The highest BCUT2D eigenvalue weighted by molar-refractivity contribution is 7.88. The molecule has 3 aromatic carbocycles. The van der Waals surface area contributed by atoms with Crippen LogP contribution < -0.4 is 9.62 Å². The number of hydrogen-bond acceptors (Lipinski definition) is 4. The van der Waals surface area contributed by atoms with Crippen molar-refractivity contribution in [2.24, 2.45) is 5.92 Å². The molecule has 1 aromatic heterocycles. The van der Waals surface area contributed by atoms with E-state index in [4.69, 9.17) is 0 Å². The molecule has 0 bridgehead atoms. The number of nitrogens with zero attached hydrogens (tertiary/aromatic N) is 3. The number of aryl methyl sites for hydroxylation is 1. The molecule has 7 nitrogen and oxygen atoms in total. The van der Waals surface area contributed by atoms with E-state index in [1.54, 1.807) is 34.8 Å². The summed E-state index contributed by atoms with van der Waals surface area (Å²) in [4.78, 5) is 15.2. The molecule has 35 heavy (non-hydrogen) atoms. The number of aromatic nitrogens is 2. The van der Waals surface area contributed by atoms with Crippen LogP contribution in [0.4, 0.5) is 10.1 Å². The molecule has 1 N–H and O–H groups in total. The van der Waals surface area contributed by atoms with E-state index < -0.39 is 28.0 Å². The third kappa shape index (κ3) is 4.33. The van der Waals surface area contributed by atoms with Gasteiger partial charge in [-0.3, -0.25) is 4.79 Å². The maximum absolute atomic E-state index is 13.5. The third-order valence-corrected chi connectivity index (χ3v) is 7.12. The van der Waals surface area contributed by atoms with Crippen LogP contribution in [0.25, 0.3) is 16.6 Å². The normalized spacial score (nSPS) is 20.6. The van der Waals surface area contributed by atoms with Crippen molar-refractivity contribution in [1.82, 2.24) is 14.5 Å². The minimum absolute atomic E-state index is 0.164. The molecule has 0 saturated carbocycles. The first-order chi connectivity index (χ1) is 16.6. The molecule has 180 valence electrons. The van der Waals surface area contributed by atoms with Crippen LogP contribution >= 0.6 is 0 Å². The van der Waals surface area contributed by atoms with Gasteiger partial charge in [-0.2, -0.15) is 5.10 Å². The number of anilines is 1. The fraction of sp³-hybridized carbons (Fsp3) is 0.231. The molecule has 1 amide bonds. The maximum atomic E-state index is 13.5. The molecular formula is C26H25FN4O3S. The fourth-order valence-corrected chi connectivity index (χ4v) is 5.64. The van der Waals surface area contributed by atoms with Crippen LogP contribution in [0.5, 0.6) is 0 Å². The Morgan fingerprint density at radius 1 is 1.00 bits per heavy atom. The second-order valence-electron chi connectivity index (χ2n) is 9.05. The van der Waals surface area contributed by atoms with E-state index in [0.717, 1.165) is 34.0 Å². The van der Waals surface area contributed by atoms with Crippen LogP contribution in [0.3, 0.4) is 0 Å². The lowest BCUT2D eigenvalue weighted by atomic mass is 9.94. The Morgan fingerprint density at radius 2 is 1.71 bits per heavy atom. The molecule has 0 spiro atoms. The van der Waals surface area contributed by atoms with Gasteiger partial charge in [0.25, 0.3) is 0 Å². The Labute approximate surface area is 203 Å². The number of carbonyl (C=O) groups excluding carboxylic acids is 1. The predicted octanol–water partition coefficient (Wildman–Crippen LogP) is 4.11. The summed E-state index contributed by atoms with van der Waals surface area (Å²) >= 11 is 0. The maximum Gasteiger partial charge on any atom is 0.232 e. The van der Waals surface area contributed by atoms with Gasteiger partial charge in [-0.05, 0) is 55.0 Å². The molecule has 3 atom stereocenters. The highest BCUT2D eigenvalue weighted by Crippen LogP contribution is 2.41. The molecule has 5 rings (SSSR count). The number of hydrogen-bond donors (Lipinski definition) is 1. The Morgan fingerprint density at radius 3 is 2.40 bits per heavy atom. The van der Waals surface area contributed by atoms with Crippen LogP contribution in [0.15, 0.2) is 72.9 Å². The van der Waals surface area contributed by atoms with E-state index in [-0.39, 0.29) is 11.7 Å². The first-order valence-corrected chi connectivity index (χ1v) is 13.1. The molecule has 9 heteroatoms. The highest BCUT2D eigenvalue weighted by atomic mass is 32.2. The summed E-state index contributed by atoms with van der Waals surface area (Å²) < 4.78 is 42.1. The van der Waals surface area contributed by atoms with Crippen molar-refractivity contribution in [2.45, 2.75) is 25.9 Å². The minimum Gasteiger partial charge on any atom is -0.303 e. The van der Waals surface area contributed by atoms with Crippen molar-refractivity contribution in [3.63, 3.8) is 0 Å². The quantitative estimate of drug-likeness (QED) is 0.454. The predicted molar refractivity (Wildman–Crippen MR) is 133 cm³/mol. The van der Waals surface area contributed by atoms with Gasteiger partial charge in [0, 0.05) is 11.1 Å². The van der Waals surface area contributed by atoms with Gasteiger partial charge < -0.3 is 4.90 Å². The Bertz CT molecular complexity index is 1530. The zero-order valence-electron chi connectivity index (χ0n) is 19.5. The number of carbonyl (C=O) groups is 1. The van der Waals surface area contributed by atoms with Gasteiger partial charge in [0.15, 0.2) is 0 Å². The number of amides is 1. The fourth-order valence-electron chi connectivity index (χ4n) is 4.81. The number of rotatable bonds is 5. The van der Waals surface area contributed by atoms with Gasteiger partial charge in [0.2, 0.25) is 15.9 Å². The van der Waals surface area contributed by atoms with E-state index >= 15 is 0 Å². The monoisotopic (exact) mass is 492 g/mol. The van der Waals surface area contributed by atoms with Crippen molar-refractivity contribution in [2.75, 3.05) is 11.2 Å². The van der Waals surface area contributed by atoms with Crippen LogP contribution in [-0.2, 0) is 14.8 Å². The summed E-state index contributed by atoms with van der Waals surface area (Å²) in [6.45, 7) is 3.71. The zero-order chi connectivity index (χ0) is 24.9. The lowest BCUT2D eigenvalue weighted by Crippen LogP contribution is -2.41. The molecule has 1 fully saturated rings. The lowest BCUT2D eigenvalue weighted by Gasteiger charge is -2.29. The molecule has 1 aliphatic rings.